The maximum absolute atomic E-state index is 8.58. The van der Waals surface area contributed by atoms with Gasteiger partial charge >= 0.3 is 0 Å². The zero-order valence-electron chi connectivity index (χ0n) is 3.81. The minimum Gasteiger partial charge on any atom is -0.380 e. The third-order valence-electron chi connectivity index (χ3n) is 0.566. The first kappa shape index (κ1) is 6.31. The van der Waals surface area contributed by atoms with Gasteiger partial charge in [-0.2, -0.15) is 0 Å². The van der Waals surface area contributed by atoms with Crippen molar-refractivity contribution in [1.29, 1.82) is 0 Å². The Morgan fingerprint density at radius 3 is 2.17 bits per heavy atom. The molecule has 1 nitrogen and oxygen atoms in total. The molecular formula is C4H9OS. The predicted octanol–water partition coefficient (Wildman–Crippen LogP) is 0.849. The molecule has 2 heteroatoms. The van der Waals surface area contributed by atoms with Crippen LogP contribution >= 0.6 is 12.6 Å². The Balaban J connectivity index is 3.17. The van der Waals surface area contributed by atoms with Gasteiger partial charge in [0.2, 0.25) is 0 Å². The number of rotatable bonds is 1. The molecule has 0 amide bonds. The molecule has 0 aliphatic carbocycles. The van der Waals surface area contributed by atoms with E-state index < -0.39 is 4.93 Å². The van der Waals surface area contributed by atoms with Crippen molar-refractivity contribution in [3.8, 4) is 0 Å². The lowest BCUT2D eigenvalue weighted by Gasteiger charge is -2.10. The van der Waals surface area contributed by atoms with Gasteiger partial charge in [-0.25, -0.2) is 0 Å². The van der Waals surface area contributed by atoms with Gasteiger partial charge in [-0.3, -0.25) is 0 Å². The van der Waals surface area contributed by atoms with Crippen LogP contribution in [0.25, 0.3) is 0 Å². The van der Waals surface area contributed by atoms with Crippen molar-refractivity contribution >= 4 is 12.6 Å². The van der Waals surface area contributed by atoms with Gasteiger partial charge in [0.05, 0.1) is 0 Å². The fourth-order valence-corrected chi connectivity index (χ4v) is 0. The fraction of sp³-hybridized carbons (Fsp3) is 0.750. The molecule has 1 radical (unpaired) electrons. The molecule has 1 unspecified atom stereocenters. The molecule has 0 aromatic carbocycles. The monoisotopic (exact) mass is 105 g/mol. The number of aliphatic hydroxyl groups is 1. The third kappa shape index (κ3) is 4.31. The average molecular weight is 105 g/mol. The van der Waals surface area contributed by atoms with Crippen molar-refractivity contribution < 1.29 is 5.11 Å². The Morgan fingerprint density at radius 1 is 2.00 bits per heavy atom. The first-order valence-corrected chi connectivity index (χ1v) is 2.31. The normalized spacial score (nSPS) is 20.0. The Morgan fingerprint density at radius 2 is 2.17 bits per heavy atom. The van der Waals surface area contributed by atoms with Crippen molar-refractivity contribution in [3.63, 3.8) is 0 Å². The summed E-state index contributed by atoms with van der Waals surface area (Å²) in [5.41, 5.74) is 0. The van der Waals surface area contributed by atoms with Crippen LogP contribution in [0.1, 0.15) is 13.3 Å². The predicted molar refractivity (Wildman–Crippen MR) is 29.6 cm³/mol. The van der Waals surface area contributed by atoms with E-state index in [0.29, 0.717) is 6.42 Å². The van der Waals surface area contributed by atoms with Gasteiger partial charge in [0.15, 0.2) is 0 Å². The van der Waals surface area contributed by atoms with Gasteiger partial charge < -0.3 is 5.11 Å². The van der Waals surface area contributed by atoms with Crippen molar-refractivity contribution in [2.24, 2.45) is 0 Å². The molecular weight excluding hydrogens is 96.1 g/mol. The highest BCUT2D eigenvalue weighted by Crippen LogP contribution is 2.10. The second-order valence-corrected chi connectivity index (χ2v) is 2.17. The molecule has 0 rings (SSSR count). The van der Waals surface area contributed by atoms with Crippen molar-refractivity contribution in [2.45, 2.75) is 18.3 Å². The molecule has 0 fully saturated rings. The summed E-state index contributed by atoms with van der Waals surface area (Å²) in [5.74, 6) is 0. The quantitative estimate of drug-likeness (QED) is 0.374. The minimum atomic E-state index is -1.01. The first-order valence-electron chi connectivity index (χ1n) is 1.86. The van der Waals surface area contributed by atoms with Crippen LogP contribution in [0.15, 0.2) is 0 Å². The molecule has 1 N–H and O–H groups in total. The van der Waals surface area contributed by atoms with Crippen LogP contribution in [0.2, 0.25) is 0 Å². The van der Waals surface area contributed by atoms with Gasteiger partial charge in [0.25, 0.3) is 0 Å². The van der Waals surface area contributed by atoms with E-state index in [4.69, 9.17) is 5.11 Å². The lowest BCUT2D eigenvalue weighted by atomic mass is 10.3. The van der Waals surface area contributed by atoms with Crippen LogP contribution in [-0.4, -0.2) is 10.0 Å². The SMILES string of the molecule is [CH2]C(O)(S)CC. The van der Waals surface area contributed by atoms with E-state index in [9.17, 15) is 0 Å². The maximum atomic E-state index is 8.58. The van der Waals surface area contributed by atoms with Crippen LogP contribution < -0.4 is 0 Å². The van der Waals surface area contributed by atoms with E-state index in [1.54, 1.807) is 0 Å². The first-order chi connectivity index (χ1) is 2.56. The number of hydrogen-bond acceptors (Lipinski definition) is 2. The van der Waals surface area contributed by atoms with Gasteiger partial charge in [-0.1, -0.05) is 6.92 Å². The second-order valence-electron chi connectivity index (χ2n) is 1.34. The van der Waals surface area contributed by atoms with E-state index in [-0.39, 0.29) is 0 Å². The van der Waals surface area contributed by atoms with Crippen LogP contribution in [0.3, 0.4) is 0 Å². The highest BCUT2D eigenvalue weighted by molar-refractivity contribution is 7.81. The van der Waals surface area contributed by atoms with E-state index >= 15 is 0 Å². The molecule has 0 aliphatic heterocycles. The molecule has 37 valence electrons. The van der Waals surface area contributed by atoms with Crippen molar-refractivity contribution in [1.82, 2.24) is 0 Å². The molecule has 1 atom stereocenters. The summed E-state index contributed by atoms with van der Waals surface area (Å²) < 4.78 is 0. The van der Waals surface area contributed by atoms with Gasteiger partial charge in [0, 0.05) is 0 Å². The Bertz CT molecular complexity index is 37.3. The maximum Gasteiger partial charge on any atom is 0.107 e. The Labute approximate surface area is 43.8 Å². The summed E-state index contributed by atoms with van der Waals surface area (Å²) >= 11 is 3.70. The van der Waals surface area contributed by atoms with Crippen LogP contribution in [-0.2, 0) is 0 Å². The van der Waals surface area contributed by atoms with Gasteiger partial charge in [-0.15, -0.1) is 12.6 Å². The largest absolute Gasteiger partial charge is 0.380 e. The summed E-state index contributed by atoms with van der Waals surface area (Å²) in [4.78, 5) is -1.01. The molecule has 0 aromatic rings. The molecule has 0 aliphatic rings. The minimum absolute atomic E-state index is 0.579. The molecule has 0 heterocycles. The zero-order valence-corrected chi connectivity index (χ0v) is 4.70. The van der Waals surface area contributed by atoms with E-state index in [1.807, 2.05) is 6.92 Å². The van der Waals surface area contributed by atoms with Crippen LogP contribution in [0.5, 0.6) is 0 Å². The summed E-state index contributed by atoms with van der Waals surface area (Å²) in [6.45, 7) is 5.13. The molecule has 0 saturated heterocycles. The fourth-order valence-electron chi connectivity index (χ4n) is 0. The highest BCUT2D eigenvalue weighted by Gasteiger charge is 2.07. The van der Waals surface area contributed by atoms with Crippen molar-refractivity contribution in [3.05, 3.63) is 6.92 Å². The lowest BCUT2D eigenvalue weighted by molar-refractivity contribution is 0.183. The molecule has 0 bridgehead atoms. The second kappa shape index (κ2) is 1.85. The van der Waals surface area contributed by atoms with E-state index in [0.717, 1.165) is 0 Å². The van der Waals surface area contributed by atoms with E-state index in [1.165, 1.54) is 0 Å². The van der Waals surface area contributed by atoms with Gasteiger partial charge in [-0.05, 0) is 13.3 Å². The average Bonchev–Trinajstić information content (AvgIpc) is 1.35. The summed E-state index contributed by atoms with van der Waals surface area (Å²) in [5, 5.41) is 8.58. The summed E-state index contributed by atoms with van der Waals surface area (Å²) in [7, 11) is 0. The summed E-state index contributed by atoms with van der Waals surface area (Å²) in [6.07, 6.45) is 0.579. The Kier molecular flexibility index (Phi) is 1.94. The number of thiol groups is 1. The molecule has 6 heavy (non-hydrogen) atoms. The lowest BCUT2D eigenvalue weighted by Crippen LogP contribution is -2.12. The molecule has 0 saturated carbocycles. The number of hydrogen-bond donors (Lipinski definition) is 2. The molecule has 0 spiro atoms. The van der Waals surface area contributed by atoms with E-state index in [2.05, 4.69) is 19.6 Å². The standard InChI is InChI=1S/C4H9OS/c1-3-4(2,5)6/h5-6H,2-3H2,1H3. The zero-order chi connectivity index (χ0) is 5.21. The summed E-state index contributed by atoms with van der Waals surface area (Å²) in [6, 6.07) is 0. The topological polar surface area (TPSA) is 20.2 Å². The highest BCUT2D eigenvalue weighted by atomic mass is 32.1. The van der Waals surface area contributed by atoms with Crippen molar-refractivity contribution in [2.75, 3.05) is 0 Å². The smallest absolute Gasteiger partial charge is 0.107 e. The van der Waals surface area contributed by atoms with Gasteiger partial charge in [0.1, 0.15) is 4.93 Å². The van der Waals surface area contributed by atoms with Crippen LogP contribution in [0, 0.1) is 6.92 Å². The Hall–Kier alpha value is 0.310. The van der Waals surface area contributed by atoms with Crippen LogP contribution in [0.4, 0.5) is 0 Å². The third-order valence-corrected chi connectivity index (χ3v) is 0.882. The molecule has 0 aromatic heterocycles.